The molecule has 1 heterocycles. The van der Waals surface area contributed by atoms with Gasteiger partial charge in [-0.1, -0.05) is 25.4 Å². The minimum Gasteiger partial charge on any atom is -0.309 e. The van der Waals surface area contributed by atoms with Gasteiger partial charge in [-0.15, -0.1) is 0 Å². The Bertz CT molecular complexity index is 474. The third kappa shape index (κ3) is 3.72. The van der Waals surface area contributed by atoms with Crippen molar-refractivity contribution in [2.75, 3.05) is 13.1 Å². The smallest absolute Gasteiger partial charge is 0.123 e. The molecule has 4 heteroatoms. The van der Waals surface area contributed by atoms with E-state index in [0.717, 1.165) is 18.7 Å². The van der Waals surface area contributed by atoms with E-state index < -0.39 is 0 Å². The molecule has 0 spiro atoms. The van der Waals surface area contributed by atoms with E-state index in [2.05, 4.69) is 37.9 Å². The zero-order valence-corrected chi connectivity index (χ0v) is 13.5. The van der Waals surface area contributed by atoms with Crippen molar-refractivity contribution in [1.82, 2.24) is 10.2 Å². The Hall–Kier alpha value is -0.640. The highest BCUT2D eigenvalue weighted by Crippen LogP contribution is 2.25. The summed E-state index contributed by atoms with van der Waals surface area (Å²) in [6.45, 7) is 11.4. The molecule has 20 heavy (non-hydrogen) atoms. The van der Waals surface area contributed by atoms with Crippen LogP contribution >= 0.6 is 11.6 Å². The number of benzene rings is 1. The van der Waals surface area contributed by atoms with Crippen LogP contribution in [0.3, 0.4) is 0 Å². The topological polar surface area (TPSA) is 15.3 Å². The molecule has 0 aliphatic carbocycles. The molecule has 2 nitrogen and oxygen atoms in total. The number of hydrogen-bond acceptors (Lipinski definition) is 2. The SMILES string of the molecule is CC(C)C1CNC(C)(C)CN1Cc1cc(F)ccc1Cl. The average molecular weight is 299 g/mol. The lowest BCUT2D eigenvalue weighted by atomic mass is 9.92. The highest BCUT2D eigenvalue weighted by Gasteiger charge is 2.34. The van der Waals surface area contributed by atoms with Crippen molar-refractivity contribution in [3.05, 3.63) is 34.6 Å². The molecule has 0 bridgehead atoms. The Morgan fingerprint density at radius 2 is 2.15 bits per heavy atom. The van der Waals surface area contributed by atoms with E-state index in [0.29, 0.717) is 23.5 Å². The molecular weight excluding hydrogens is 275 g/mol. The van der Waals surface area contributed by atoms with E-state index in [1.54, 1.807) is 12.1 Å². The molecule has 1 aromatic rings. The lowest BCUT2D eigenvalue weighted by Gasteiger charge is -2.46. The molecule has 1 saturated heterocycles. The van der Waals surface area contributed by atoms with E-state index in [9.17, 15) is 4.39 Å². The van der Waals surface area contributed by atoms with Gasteiger partial charge in [-0.25, -0.2) is 4.39 Å². The first kappa shape index (κ1) is 15.7. The second kappa shape index (κ2) is 6.00. The lowest BCUT2D eigenvalue weighted by molar-refractivity contribution is 0.0627. The maximum Gasteiger partial charge on any atom is 0.123 e. The van der Waals surface area contributed by atoms with E-state index in [-0.39, 0.29) is 11.4 Å². The van der Waals surface area contributed by atoms with Gasteiger partial charge in [0, 0.05) is 36.2 Å². The van der Waals surface area contributed by atoms with Crippen LogP contribution in [0.4, 0.5) is 4.39 Å². The van der Waals surface area contributed by atoms with Gasteiger partial charge in [-0.05, 0) is 43.5 Å². The van der Waals surface area contributed by atoms with Crippen molar-refractivity contribution in [2.24, 2.45) is 5.92 Å². The Labute approximate surface area is 126 Å². The summed E-state index contributed by atoms with van der Waals surface area (Å²) in [5.74, 6) is 0.325. The van der Waals surface area contributed by atoms with E-state index in [1.807, 2.05) is 0 Å². The molecule has 1 N–H and O–H groups in total. The average Bonchev–Trinajstić information content (AvgIpc) is 2.32. The zero-order chi connectivity index (χ0) is 14.9. The number of rotatable bonds is 3. The Kier molecular flexibility index (Phi) is 4.73. The van der Waals surface area contributed by atoms with Crippen LogP contribution in [0.1, 0.15) is 33.3 Å². The van der Waals surface area contributed by atoms with Crippen molar-refractivity contribution in [2.45, 2.75) is 45.8 Å². The molecular formula is C16H24ClFN2. The lowest BCUT2D eigenvalue weighted by Crippen LogP contribution is -2.62. The van der Waals surface area contributed by atoms with Crippen molar-refractivity contribution >= 4 is 11.6 Å². The van der Waals surface area contributed by atoms with Crippen LogP contribution in [0.5, 0.6) is 0 Å². The van der Waals surface area contributed by atoms with Gasteiger partial charge in [0.1, 0.15) is 5.82 Å². The summed E-state index contributed by atoms with van der Waals surface area (Å²) in [5, 5.41) is 4.23. The third-order valence-corrected chi connectivity index (χ3v) is 4.38. The molecule has 1 fully saturated rings. The van der Waals surface area contributed by atoms with Crippen LogP contribution in [0.2, 0.25) is 5.02 Å². The minimum atomic E-state index is -0.222. The summed E-state index contributed by atoms with van der Waals surface area (Å²) in [5.41, 5.74) is 0.945. The summed E-state index contributed by atoms with van der Waals surface area (Å²) in [7, 11) is 0. The molecule has 1 aliphatic heterocycles. The highest BCUT2D eigenvalue weighted by atomic mass is 35.5. The molecule has 2 rings (SSSR count). The van der Waals surface area contributed by atoms with E-state index >= 15 is 0 Å². The summed E-state index contributed by atoms with van der Waals surface area (Å²) < 4.78 is 13.4. The Balaban J connectivity index is 2.20. The summed E-state index contributed by atoms with van der Waals surface area (Å²) in [6, 6.07) is 5.05. The third-order valence-electron chi connectivity index (χ3n) is 4.01. The van der Waals surface area contributed by atoms with Gasteiger partial charge < -0.3 is 5.32 Å². The highest BCUT2D eigenvalue weighted by molar-refractivity contribution is 6.31. The van der Waals surface area contributed by atoms with Crippen LogP contribution in [-0.4, -0.2) is 29.6 Å². The van der Waals surface area contributed by atoms with Crippen LogP contribution in [0, 0.1) is 11.7 Å². The Morgan fingerprint density at radius 3 is 2.80 bits per heavy atom. The molecule has 1 unspecified atom stereocenters. The van der Waals surface area contributed by atoms with Gasteiger partial charge in [-0.3, -0.25) is 4.90 Å². The number of piperazine rings is 1. The van der Waals surface area contributed by atoms with Gasteiger partial charge in [0.15, 0.2) is 0 Å². The normalized spacial score (nSPS) is 23.2. The van der Waals surface area contributed by atoms with Gasteiger partial charge in [0.25, 0.3) is 0 Å². The quantitative estimate of drug-likeness (QED) is 0.915. The summed E-state index contributed by atoms with van der Waals surface area (Å²) in [6.07, 6.45) is 0. The van der Waals surface area contributed by atoms with Crippen molar-refractivity contribution in [1.29, 1.82) is 0 Å². The summed E-state index contributed by atoms with van der Waals surface area (Å²) >= 11 is 6.20. The van der Waals surface area contributed by atoms with Crippen LogP contribution in [0.15, 0.2) is 18.2 Å². The maximum atomic E-state index is 13.4. The second-order valence-electron chi connectivity index (χ2n) is 6.72. The van der Waals surface area contributed by atoms with Crippen LogP contribution < -0.4 is 5.32 Å². The molecule has 1 atom stereocenters. The molecule has 0 amide bonds. The van der Waals surface area contributed by atoms with E-state index in [4.69, 9.17) is 11.6 Å². The first-order valence-electron chi connectivity index (χ1n) is 7.21. The fourth-order valence-corrected chi connectivity index (χ4v) is 3.08. The molecule has 0 saturated carbocycles. The van der Waals surface area contributed by atoms with Crippen molar-refractivity contribution in [3.8, 4) is 0 Å². The standard InChI is InChI=1S/C16H24ClFN2/c1-11(2)15-8-19-16(3,4)10-20(15)9-12-7-13(18)5-6-14(12)17/h5-7,11,15,19H,8-10H2,1-4H3. The van der Waals surface area contributed by atoms with Gasteiger partial charge >= 0.3 is 0 Å². The van der Waals surface area contributed by atoms with Gasteiger partial charge in [0.05, 0.1) is 0 Å². The number of halogens is 2. The second-order valence-corrected chi connectivity index (χ2v) is 7.12. The largest absolute Gasteiger partial charge is 0.309 e. The van der Waals surface area contributed by atoms with Crippen LogP contribution in [-0.2, 0) is 6.54 Å². The molecule has 112 valence electrons. The maximum absolute atomic E-state index is 13.4. The van der Waals surface area contributed by atoms with Gasteiger partial charge in [0.2, 0.25) is 0 Å². The predicted molar refractivity (Wildman–Crippen MR) is 82.5 cm³/mol. The number of nitrogens with zero attached hydrogens (tertiary/aromatic N) is 1. The van der Waals surface area contributed by atoms with Crippen molar-refractivity contribution in [3.63, 3.8) is 0 Å². The van der Waals surface area contributed by atoms with Gasteiger partial charge in [-0.2, -0.15) is 0 Å². The monoisotopic (exact) mass is 298 g/mol. The molecule has 1 aromatic carbocycles. The first-order valence-corrected chi connectivity index (χ1v) is 7.59. The number of hydrogen-bond donors (Lipinski definition) is 1. The fraction of sp³-hybridized carbons (Fsp3) is 0.625. The Morgan fingerprint density at radius 1 is 1.45 bits per heavy atom. The minimum absolute atomic E-state index is 0.0746. The van der Waals surface area contributed by atoms with E-state index in [1.165, 1.54) is 6.07 Å². The predicted octanol–water partition coefficient (Wildman–Crippen LogP) is 3.69. The molecule has 0 radical (unpaired) electrons. The summed E-state index contributed by atoms with van der Waals surface area (Å²) in [4.78, 5) is 2.42. The zero-order valence-electron chi connectivity index (χ0n) is 12.7. The molecule has 0 aromatic heterocycles. The van der Waals surface area contributed by atoms with Crippen LogP contribution in [0.25, 0.3) is 0 Å². The molecule has 1 aliphatic rings. The number of nitrogens with one attached hydrogen (secondary N) is 1. The first-order chi connectivity index (χ1) is 9.28. The van der Waals surface area contributed by atoms with Crippen molar-refractivity contribution < 1.29 is 4.39 Å². The fourth-order valence-electron chi connectivity index (χ4n) is 2.90.